The smallest absolute Gasteiger partial charge is 0.255 e. The molecule has 1 fully saturated rings. The quantitative estimate of drug-likeness (QED) is 0.678. The maximum atomic E-state index is 12.9. The predicted octanol–water partition coefficient (Wildman–Crippen LogP) is 3.78. The molecular formula is C24H27N3O3. The number of nitrogens with one attached hydrogen (secondary N) is 1. The largest absolute Gasteiger partial charge is 0.468 e. The van der Waals surface area contributed by atoms with Crippen molar-refractivity contribution >= 4 is 5.91 Å². The molecule has 1 aliphatic heterocycles. The summed E-state index contributed by atoms with van der Waals surface area (Å²) in [6.07, 6.45) is 8.09. The molecule has 0 aliphatic carbocycles. The van der Waals surface area contributed by atoms with E-state index < -0.39 is 0 Å². The van der Waals surface area contributed by atoms with Gasteiger partial charge in [0.05, 0.1) is 17.9 Å². The van der Waals surface area contributed by atoms with Crippen molar-refractivity contribution in [2.45, 2.75) is 31.7 Å². The fourth-order valence-electron chi connectivity index (χ4n) is 4.00. The van der Waals surface area contributed by atoms with E-state index in [0.29, 0.717) is 12.1 Å². The maximum Gasteiger partial charge on any atom is 0.255 e. The number of hydrogen-bond donors (Lipinski definition) is 1. The van der Waals surface area contributed by atoms with Gasteiger partial charge in [0.25, 0.3) is 11.5 Å². The van der Waals surface area contributed by atoms with Crippen LogP contribution in [-0.4, -0.2) is 35.0 Å². The number of nitrogens with zero attached hydrogens (tertiary/aromatic N) is 2. The van der Waals surface area contributed by atoms with E-state index in [-0.39, 0.29) is 17.5 Å². The summed E-state index contributed by atoms with van der Waals surface area (Å²) in [4.78, 5) is 27.6. The highest BCUT2D eigenvalue weighted by Crippen LogP contribution is 2.24. The molecule has 1 amide bonds. The van der Waals surface area contributed by atoms with Gasteiger partial charge in [0.1, 0.15) is 5.76 Å². The van der Waals surface area contributed by atoms with E-state index >= 15 is 0 Å². The Morgan fingerprint density at radius 2 is 1.73 bits per heavy atom. The molecular weight excluding hydrogens is 378 g/mol. The summed E-state index contributed by atoms with van der Waals surface area (Å²) in [6.45, 7) is 2.46. The van der Waals surface area contributed by atoms with Crippen LogP contribution in [0, 0.1) is 0 Å². The Morgan fingerprint density at radius 3 is 2.43 bits per heavy atom. The summed E-state index contributed by atoms with van der Waals surface area (Å²) >= 11 is 0. The Labute approximate surface area is 176 Å². The summed E-state index contributed by atoms with van der Waals surface area (Å²) in [5.41, 5.74) is 1.01. The van der Waals surface area contributed by atoms with Gasteiger partial charge in [0.15, 0.2) is 0 Å². The standard InChI is InChI=1S/C24H27N3O3/c28-23-13-12-19(18-27(23)20-9-4-3-5-10-20)24(29)25-17-21(22-11-8-16-30-22)26-14-6-1-2-7-15-26/h3-5,8-13,16,18,21H,1-2,6-7,14-15,17H2,(H,25,29). The minimum atomic E-state index is -0.203. The predicted molar refractivity (Wildman–Crippen MR) is 116 cm³/mol. The van der Waals surface area contributed by atoms with Crippen LogP contribution in [0.25, 0.3) is 5.69 Å². The Kier molecular flexibility index (Phi) is 6.44. The third kappa shape index (κ3) is 4.71. The number of amides is 1. The summed E-state index contributed by atoms with van der Waals surface area (Å²) in [5, 5.41) is 3.05. The summed E-state index contributed by atoms with van der Waals surface area (Å²) in [7, 11) is 0. The normalized spacial score (nSPS) is 16.0. The highest BCUT2D eigenvalue weighted by atomic mass is 16.3. The van der Waals surface area contributed by atoms with E-state index in [0.717, 1.165) is 37.4 Å². The lowest BCUT2D eigenvalue weighted by Crippen LogP contribution is -2.38. The van der Waals surface area contributed by atoms with Crippen molar-refractivity contribution in [3.05, 3.63) is 88.7 Å². The fraction of sp³-hybridized carbons (Fsp3) is 0.333. The van der Waals surface area contributed by atoms with Crippen molar-refractivity contribution < 1.29 is 9.21 Å². The Hall–Kier alpha value is -3.12. The van der Waals surface area contributed by atoms with E-state index in [1.165, 1.54) is 23.5 Å². The molecule has 156 valence electrons. The molecule has 1 saturated heterocycles. The van der Waals surface area contributed by atoms with Crippen molar-refractivity contribution in [2.75, 3.05) is 19.6 Å². The molecule has 6 nitrogen and oxygen atoms in total. The van der Waals surface area contributed by atoms with Gasteiger partial charge in [-0.3, -0.25) is 19.1 Å². The summed E-state index contributed by atoms with van der Waals surface area (Å²) < 4.78 is 7.18. The van der Waals surface area contributed by atoms with Crippen LogP contribution in [0.2, 0.25) is 0 Å². The molecule has 3 aromatic rings. The van der Waals surface area contributed by atoms with Crippen LogP contribution < -0.4 is 10.9 Å². The van der Waals surface area contributed by atoms with Crippen LogP contribution in [0.15, 0.2) is 76.3 Å². The first-order valence-electron chi connectivity index (χ1n) is 10.6. The molecule has 2 aromatic heterocycles. The van der Waals surface area contributed by atoms with Crippen molar-refractivity contribution in [3.8, 4) is 5.69 Å². The molecule has 0 radical (unpaired) electrons. The molecule has 1 unspecified atom stereocenters. The fourth-order valence-corrected chi connectivity index (χ4v) is 4.00. The van der Waals surface area contributed by atoms with Gasteiger partial charge in [-0.15, -0.1) is 0 Å². The second kappa shape index (κ2) is 9.59. The molecule has 0 bridgehead atoms. The lowest BCUT2D eigenvalue weighted by atomic mass is 10.1. The third-order valence-electron chi connectivity index (χ3n) is 5.62. The van der Waals surface area contributed by atoms with Gasteiger partial charge in [0.2, 0.25) is 0 Å². The van der Waals surface area contributed by atoms with E-state index in [4.69, 9.17) is 4.42 Å². The molecule has 1 aliphatic rings. The summed E-state index contributed by atoms with van der Waals surface area (Å²) in [6, 6.07) is 16.2. The van der Waals surface area contributed by atoms with Gasteiger partial charge in [-0.1, -0.05) is 31.0 Å². The molecule has 1 aromatic carbocycles. The van der Waals surface area contributed by atoms with Gasteiger partial charge in [-0.05, 0) is 56.3 Å². The van der Waals surface area contributed by atoms with Crippen LogP contribution in [-0.2, 0) is 0 Å². The minimum Gasteiger partial charge on any atom is -0.468 e. The van der Waals surface area contributed by atoms with Crippen LogP contribution in [0.3, 0.4) is 0 Å². The molecule has 1 atom stereocenters. The first kappa shape index (κ1) is 20.2. The number of para-hydroxylation sites is 1. The topological polar surface area (TPSA) is 67.5 Å². The molecule has 0 saturated carbocycles. The molecule has 3 heterocycles. The zero-order valence-electron chi connectivity index (χ0n) is 17.0. The van der Waals surface area contributed by atoms with Crippen molar-refractivity contribution in [3.63, 3.8) is 0 Å². The number of likely N-dealkylation sites (tertiary alicyclic amines) is 1. The van der Waals surface area contributed by atoms with Crippen molar-refractivity contribution in [2.24, 2.45) is 0 Å². The van der Waals surface area contributed by atoms with Crippen LogP contribution >= 0.6 is 0 Å². The zero-order valence-corrected chi connectivity index (χ0v) is 17.0. The van der Waals surface area contributed by atoms with E-state index in [1.807, 2.05) is 42.5 Å². The van der Waals surface area contributed by atoms with Gasteiger partial charge < -0.3 is 9.73 Å². The Morgan fingerprint density at radius 1 is 0.967 bits per heavy atom. The highest BCUT2D eigenvalue weighted by Gasteiger charge is 2.24. The van der Waals surface area contributed by atoms with Gasteiger partial charge in [-0.2, -0.15) is 0 Å². The second-order valence-electron chi connectivity index (χ2n) is 7.65. The third-order valence-corrected chi connectivity index (χ3v) is 5.62. The number of furan rings is 1. The Balaban J connectivity index is 1.50. The number of carbonyl (C=O) groups is 1. The van der Waals surface area contributed by atoms with E-state index in [1.54, 1.807) is 18.5 Å². The van der Waals surface area contributed by atoms with E-state index in [2.05, 4.69) is 10.2 Å². The van der Waals surface area contributed by atoms with Crippen molar-refractivity contribution in [1.82, 2.24) is 14.8 Å². The number of aromatic nitrogens is 1. The lowest BCUT2D eigenvalue weighted by Gasteiger charge is -2.29. The highest BCUT2D eigenvalue weighted by molar-refractivity contribution is 5.93. The number of benzene rings is 1. The number of hydrogen-bond acceptors (Lipinski definition) is 4. The van der Waals surface area contributed by atoms with Gasteiger partial charge in [-0.25, -0.2) is 0 Å². The minimum absolute atomic E-state index is 0.00192. The Bertz CT molecular complexity index is 1000. The average Bonchev–Trinajstić information content (AvgIpc) is 3.17. The van der Waals surface area contributed by atoms with Crippen LogP contribution in [0.1, 0.15) is 47.8 Å². The van der Waals surface area contributed by atoms with Gasteiger partial charge in [0, 0.05) is 24.5 Å². The molecule has 6 heteroatoms. The molecule has 1 N–H and O–H groups in total. The number of rotatable bonds is 6. The molecule has 30 heavy (non-hydrogen) atoms. The van der Waals surface area contributed by atoms with Gasteiger partial charge >= 0.3 is 0 Å². The first-order chi connectivity index (χ1) is 14.7. The molecule has 0 spiro atoms. The first-order valence-corrected chi connectivity index (χ1v) is 10.6. The second-order valence-corrected chi connectivity index (χ2v) is 7.65. The van der Waals surface area contributed by atoms with Crippen molar-refractivity contribution in [1.29, 1.82) is 0 Å². The number of carbonyl (C=O) groups excluding carboxylic acids is 1. The zero-order chi connectivity index (χ0) is 20.8. The molecule has 4 rings (SSSR count). The SMILES string of the molecule is O=C(NCC(c1ccco1)N1CCCCCC1)c1ccc(=O)n(-c2ccccc2)c1. The lowest BCUT2D eigenvalue weighted by molar-refractivity contribution is 0.0926. The van der Waals surface area contributed by atoms with E-state index in [9.17, 15) is 9.59 Å². The number of pyridine rings is 1. The van der Waals surface area contributed by atoms with Crippen LogP contribution in [0.5, 0.6) is 0 Å². The average molecular weight is 405 g/mol. The summed E-state index contributed by atoms with van der Waals surface area (Å²) in [5.74, 6) is 0.664. The maximum absolute atomic E-state index is 12.9. The monoisotopic (exact) mass is 405 g/mol. The van der Waals surface area contributed by atoms with Crippen LogP contribution in [0.4, 0.5) is 0 Å².